The summed E-state index contributed by atoms with van der Waals surface area (Å²) in [6.07, 6.45) is 4.52. The molecule has 2 atom stereocenters. The maximum absolute atomic E-state index is 12.2. The van der Waals surface area contributed by atoms with Gasteiger partial charge >= 0.3 is 0 Å². The molecule has 7 heteroatoms. The molecule has 2 aliphatic heterocycles. The summed E-state index contributed by atoms with van der Waals surface area (Å²) in [5.74, 6) is 0.274. The van der Waals surface area contributed by atoms with Gasteiger partial charge in [0.1, 0.15) is 6.10 Å². The fourth-order valence-electron chi connectivity index (χ4n) is 2.68. The van der Waals surface area contributed by atoms with Crippen LogP contribution in [0.25, 0.3) is 0 Å². The second kappa shape index (κ2) is 6.19. The molecular weight excluding hydrogens is 268 g/mol. The molecule has 0 aromatic heterocycles. The predicted molar refractivity (Wildman–Crippen MR) is 71.1 cm³/mol. The SMILES string of the molecule is CS(=O)(=O)NC[C@H]1CCCN(C(=O)[C@@H]2CCCO2)C1. The van der Waals surface area contributed by atoms with E-state index >= 15 is 0 Å². The highest BCUT2D eigenvalue weighted by molar-refractivity contribution is 7.88. The average Bonchev–Trinajstić information content (AvgIpc) is 2.89. The lowest BCUT2D eigenvalue weighted by molar-refractivity contribution is -0.142. The minimum atomic E-state index is -3.16. The molecule has 2 heterocycles. The van der Waals surface area contributed by atoms with E-state index in [4.69, 9.17) is 4.74 Å². The Hall–Kier alpha value is -0.660. The molecule has 110 valence electrons. The van der Waals surface area contributed by atoms with Gasteiger partial charge in [0.15, 0.2) is 0 Å². The van der Waals surface area contributed by atoms with Crippen LogP contribution in [0.5, 0.6) is 0 Å². The van der Waals surface area contributed by atoms with Gasteiger partial charge in [0.05, 0.1) is 6.26 Å². The van der Waals surface area contributed by atoms with Gasteiger partial charge in [0, 0.05) is 26.2 Å². The van der Waals surface area contributed by atoms with E-state index in [9.17, 15) is 13.2 Å². The van der Waals surface area contributed by atoms with E-state index in [1.165, 1.54) is 0 Å². The molecule has 2 rings (SSSR count). The van der Waals surface area contributed by atoms with Gasteiger partial charge in [0.25, 0.3) is 5.91 Å². The maximum atomic E-state index is 12.2. The van der Waals surface area contributed by atoms with Crippen LogP contribution in [0.1, 0.15) is 25.7 Å². The Morgan fingerprint density at radius 2 is 2.16 bits per heavy atom. The number of ether oxygens (including phenoxy) is 1. The summed E-state index contributed by atoms with van der Waals surface area (Å²) in [6.45, 7) is 2.47. The van der Waals surface area contributed by atoms with E-state index in [0.29, 0.717) is 19.7 Å². The molecule has 0 bridgehead atoms. The number of likely N-dealkylation sites (tertiary alicyclic amines) is 1. The number of carbonyl (C=O) groups excluding carboxylic acids is 1. The number of sulfonamides is 1. The van der Waals surface area contributed by atoms with Gasteiger partial charge in [-0.25, -0.2) is 13.1 Å². The molecule has 2 aliphatic rings. The lowest BCUT2D eigenvalue weighted by Gasteiger charge is -2.34. The Kier molecular flexibility index (Phi) is 4.81. The van der Waals surface area contributed by atoms with Crippen molar-refractivity contribution in [1.29, 1.82) is 0 Å². The highest BCUT2D eigenvalue weighted by Gasteiger charge is 2.31. The van der Waals surface area contributed by atoms with E-state index in [1.54, 1.807) is 0 Å². The van der Waals surface area contributed by atoms with Crippen LogP contribution in [0.15, 0.2) is 0 Å². The fraction of sp³-hybridized carbons (Fsp3) is 0.917. The quantitative estimate of drug-likeness (QED) is 0.788. The summed E-state index contributed by atoms with van der Waals surface area (Å²) in [7, 11) is -3.16. The number of nitrogens with one attached hydrogen (secondary N) is 1. The first kappa shape index (κ1) is 14.7. The molecule has 0 aromatic carbocycles. The highest BCUT2D eigenvalue weighted by Crippen LogP contribution is 2.20. The number of piperidine rings is 1. The topological polar surface area (TPSA) is 75.7 Å². The van der Waals surface area contributed by atoms with Crippen molar-refractivity contribution in [2.75, 3.05) is 32.5 Å². The molecule has 0 spiro atoms. The summed E-state index contributed by atoms with van der Waals surface area (Å²) in [4.78, 5) is 14.0. The third-order valence-corrected chi connectivity index (χ3v) is 4.36. The first-order valence-corrected chi connectivity index (χ1v) is 8.70. The van der Waals surface area contributed by atoms with Crippen LogP contribution < -0.4 is 4.72 Å². The van der Waals surface area contributed by atoms with Crippen LogP contribution in [0.3, 0.4) is 0 Å². The van der Waals surface area contributed by atoms with Gasteiger partial charge in [0.2, 0.25) is 10.0 Å². The van der Waals surface area contributed by atoms with E-state index in [1.807, 2.05) is 4.90 Å². The van der Waals surface area contributed by atoms with Crippen LogP contribution in [0.4, 0.5) is 0 Å². The number of hydrogen-bond acceptors (Lipinski definition) is 4. The summed E-state index contributed by atoms with van der Waals surface area (Å²) >= 11 is 0. The molecule has 0 unspecified atom stereocenters. The van der Waals surface area contributed by atoms with Gasteiger partial charge in [-0.2, -0.15) is 0 Å². The first-order valence-electron chi connectivity index (χ1n) is 6.81. The molecule has 2 saturated heterocycles. The second-order valence-corrected chi connectivity index (χ2v) is 7.25. The molecule has 0 radical (unpaired) electrons. The van der Waals surface area contributed by atoms with E-state index < -0.39 is 10.0 Å². The summed E-state index contributed by atoms with van der Waals surface area (Å²) in [6, 6.07) is 0. The molecule has 6 nitrogen and oxygen atoms in total. The van der Waals surface area contributed by atoms with Gasteiger partial charge < -0.3 is 9.64 Å². The maximum Gasteiger partial charge on any atom is 0.251 e. The lowest BCUT2D eigenvalue weighted by Crippen LogP contribution is -2.47. The lowest BCUT2D eigenvalue weighted by atomic mass is 9.98. The monoisotopic (exact) mass is 290 g/mol. The molecule has 0 saturated carbocycles. The van der Waals surface area contributed by atoms with E-state index in [2.05, 4.69) is 4.72 Å². The number of amides is 1. The van der Waals surface area contributed by atoms with E-state index in [-0.39, 0.29) is 17.9 Å². The Morgan fingerprint density at radius 1 is 1.37 bits per heavy atom. The van der Waals surface area contributed by atoms with Crippen molar-refractivity contribution >= 4 is 15.9 Å². The zero-order valence-electron chi connectivity index (χ0n) is 11.3. The Morgan fingerprint density at radius 3 is 2.79 bits per heavy atom. The van der Waals surface area contributed by atoms with Crippen molar-refractivity contribution < 1.29 is 17.9 Å². The van der Waals surface area contributed by atoms with Crippen molar-refractivity contribution in [3.8, 4) is 0 Å². The second-order valence-electron chi connectivity index (χ2n) is 5.41. The minimum Gasteiger partial charge on any atom is -0.368 e. The fourth-order valence-corrected chi connectivity index (χ4v) is 3.22. The van der Waals surface area contributed by atoms with Crippen molar-refractivity contribution in [2.45, 2.75) is 31.8 Å². The molecule has 2 fully saturated rings. The number of carbonyl (C=O) groups is 1. The number of nitrogens with zero attached hydrogens (tertiary/aromatic N) is 1. The smallest absolute Gasteiger partial charge is 0.251 e. The standard InChI is InChI=1S/C12H22N2O4S/c1-19(16,17)13-8-10-4-2-6-14(9-10)12(15)11-5-3-7-18-11/h10-11,13H,2-9H2,1H3/t10-,11+/m1/s1. The predicted octanol–water partition coefficient (Wildman–Crippen LogP) is -0.0468. The molecule has 1 amide bonds. The zero-order valence-corrected chi connectivity index (χ0v) is 12.1. The molecule has 19 heavy (non-hydrogen) atoms. The van der Waals surface area contributed by atoms with Gasteiger partial charge in [-0.1, -0.05) is 0 Å². The van der Waals surface area contributed by atoms with Crippen molar-refractivity contribution in [1.82, 2.24) is 9.62 Å². The van der Waals surface area contributed by atoms with Gasteiger partial charge in [-0.3, -0.25) is 4.79 Å². The first-order chi connectivity index (χ1) is 8.96. The largest absolute Gasteiger partial charge is 0.368 e. The highest BCUT2D eigenvalue weighted by atomic mass is 32.2. The van der Waals surface area contributed by atoms with Crippen molar-refractivity contribution in [3.63, 3.8) is 0 Å². The summed E-state index contributed by atoms with van der Waals surface area (Å²) in [5, 5.41) is 0. The number of rotatable bonds is 4. The zero-order chi connectivity index (χ0) is 13.9. The van der Waals surface area contributed by atoms with Crippen LogP contribution in [0, 0.1) is 5.92 Å². The van der Waals surface area contributed by atoms with Crippen LogP contribution in [-0.4, -0.2) is 57.8 Å². The Labute approximate surface area is 114 Å². The average molecular weight is 290 g/mol. The van der Waals surface area contributed by atoms with Crippen molar-refractivity contribution in [2.24, 2.45) is 5.92 Å². The Bertz CT molecular complexity index is 417. The third-order valence-electron chi connectivity index (χ3n) is 3.67. The molecular formula is C12H22N2O4S. The van der Waals surface area contributed by atoms with Gasteiger partial charge in [-0.05, 0) is 31.6 Å². The van der Waals surface area contributed by atoms with Crippen LogP contribution >= 0.6 is 0 Å². The Balaban J connectivity index is 1.84. The van der Waals surface area contributed by atoms with E-state index in [0.717, 1.165) is 38.5 Å². The molecule has 0 aliphatic carbocycles. The summed E-state index contributed by atoms with van der Waals surface area (Å²) < 4.78 is 30.1. The normalized spacial score (nSPS) is 28.6. The van der Waals surface area contributed by atoms with Crippen molar-refractivity contribution in [3.05, 3.63) is 0 Å². The van der Waals surface area contributed by atoms with Crippen LogP contribution in [0.2, 0.25) is 0 Å². The third kappa shape index (κ3) is 4.43. The molecule has 0 aromatic rings. The molecule has 1 N–H and O–H groups in total. The number of hydrogen-bond donors (Lipinski definition) is 1. The summed E-state index contributed by atoms with van der Waals surface area (Å²) in [5.41, 5.74) is 0. The van der Waals surface area contributed by atoms with Crippen LogP contribution in [-0.2, 0) is 19.6 Å². The van der Waals surface area contributed by atoms with Gasteiger partial charge in [-0.15, -0.1) is 0 Å². The minimum absolute atomic E-state index is 0.0709.